The van der Waals surface area contributed by atoms with Crippen LogP contribution in [0.3, 0.4) is 0 Å². The van der Waals surface area contributed by atoms with Crippen molar-refractivity contribution in [3.05, 3.63) is 107 Å². The lowest BCUT2D eigenvalue weighted by Crippen LogP contribution is -2.17. The van der Waals surface area contributed by atoms with Gasteiger partial charge in [-0.25, -0.2) is 14.8 Å². The van der Waals surface area contributed by atoms with Crippen LogP contribution in [-0.4, -0.2) is 38.6 Å². The van der Waals surface area contributed by atoms with E-state index < -0.39 is 5.97 Å². The van der Waals surface area contributed by atoms with E-state index in [1.54, 1.807) is 19.2 Å². The van der Waals surface area contributed by atoms with Crippen molar-refractivity contribution >= 4 is 45.4 Å². The molecule has 4 aromatic carbocycles. The van der Waals surface area contributed by atoms with E-state index in [-0.39, 0.29) is 11.5 Å². The Bertz CT molecular complexity index is 2100. The van der Waals surface area contributed by atoms with E-state index in [0.29, 0.717) is 22.1 Å². The Balaban J connectivity index is 1.34. The number of carboxylic acids is 1. The first-order chi connectivity index (χ1) is 21.9. The molecule has 0 saturated heterocycles. The second-order valence-electron chi connectivity index (χ2n) is 11.6. The summed E-state index contributed by atoms with van der Waals surface area (Å²) >= 11 is 6.17. The zero-order chi connectivity index (χ0) is 31.1. The number of fused-ring (bicyclic) bond motifs is 2. The number of benzene rings is 4. The highest BCUT2D eigenvalue weighted by Crippen LogP contribution is 2.38. The lowest BCUT2D eigenvalue weighted by Gasteiger charge is -2.25. The maximum Gasteiger partial charge on any atom is 0.335 e. The normalized spacial score (nSPS) is 13.7. The smallest absolute Gasteiger partial charge is 0.335 e. The molecular weight excluding hydrogens is 584 g/mol. The molecule has 7 rings (SSSR count). The number of rotatable bonds is 6. The Morgan fingerprint density at radius 2 is 1.53 bits per heavy atom. The SMILES string of the molecule is CNC(=O)c1ccc(-c2ccc(Cl)cc2)c(-c2ccc3cc(-c4nc5cc(C(=O)O)ccc5n4C4CCCCC4)ccc3n2)c1. The number of halogens is 1. The molecule has 1 saturated carbocycles. The Labute approximate surface area is 265 Å². The molecule has 45 heavy (non-hydrogen) atoms. The summed E-state index contributed by atoms with van der Waals surface area (Å²) in [4.78, 5) is 34.3. The standard InChI is InChI=1S/C37H31ClN4O3/c1-39-36(43)25-9-15-29(22-7-13-27(38)14-8-22)30(20-25)32-17-10-23-19-24(11-16-31(23)40-32)35-41-33-21-26(37(44)45)12-18-34(33)42(35)28-5-3-2-4-6-28/h7-21,28H,2-6H2,1H3,(H,39,43)(H,44,45). The number of pyridine rings is 1. The Morgan fingerprint density at radius 1 is 0.778 bits per heavy atom. The molecular formula is C37H31ClN4O3. The van der Waals surface area contributed by atoms with Gasteiger partial charge in [0, 0.05) is 40.2 Å². The van der Waals surface area contributed by atoms with Crippen LogP contribution < -0.4 is 5.32 Å². The molecule has 224 valence electrons. The fraction of sp³-hybridized carbons (Fsp3) is 0.189. The van der Waals surface area contributed by atoms with Gasteiger partial charge < -0.3 is 15.0 Å². The molecule has 0 aliphatic heterocycles. The summed E-state index contributed by atoms with van der Waals surface area (Å²) in [6.07, 6.45) is 5.71. The summed E-state index contributed by atoms with van der Waals surface area (Å²) in [5.74, 6) is -0.285. The quantitative estimate of drug-likeness (QED) is 0.195. The molecule has 1 fully saturated rings. The molecule has 7 nitrogen and oxygen atoms in total. The van der Waals surface area contributed by atoms with Gasteiger partial charge >= 0.3 is 5.97 Å². The molecule has 1 amide bonds. The molecule has 2 aromatic heterocycles. The third-order valence-corrected chi connectivity index (χ3v) is 9.02. The molecule has 0 radical (unpaired) electrons. The van der Waals surface area contributed by atoms with Gasteiger partial charge in [0.2, 0.25) is 0 Å². The van der Waals surface area contributed by atoms with Crippen LogP contribution in [0.2, 0.25) is 5.02 Å². The first-order valence-electron chi connectivity index (χ1n) is 15.2. The molecule has 2 heterocycles. The molecule has 0 spiro atoms. The van der Waals surface area contributed by atoms with Gasteiger partial charge in [-0.05, 0) is 90.7 Å². The van der Waals surface area contributed by atoms with Gasteiger partial charge in [-0.2, -0.15) is 0 Å². The number of carbonyl (C=O) groups excluding carboxylic acids is 1. The van der Waals surface area contributed by atoms with Crippen LogP contribution in [0, 0.1) is 0 Å². The number of hydrogen-bond acceptors (Lipinski definition) is 4. The summed E-state index contributed by atoms with van der Waals surface area (Å²) in [6, 6.07) is 29.0. The second kappa shape index (κ2) is 11.8. The fourth-order valence-electron chi connectivity index (χ4n) is 6.48. The minimum atomic E-state index is -0.960. The first-order valence-corrected chi connectivity index (χ1v) is 15.6. The topological polar surface area (TPSA) is 97.1 Å². The van der Waals surface area contributed by atoms with Crippen LogP contribution >= 0.6 is 11.6 Å². The average Bonchev–Trinajstić information content (AvgIpc) is 3.47. The molecule has 0 bridgehead atoms. The van der Waals surface area contributed by atoms with E-state index in [1.165, 1.54) is 19.3 Å². The van der Waals surface area contributed by atoms with Crippen LogP contribution in [0.5, 0.6) is 0 Å². The predicted molar refractivity (Wildman–Crippen MR) is 179 cm³/mol. The third-order valence-electron chi connectivity index (χ3n) is 8.76. The van der Waals surface area contributed by atoms with Gasteiger partial charge in [-0.1, -0.05) is 55.1 Å². The summed E-state index contributed by atoms with van der Waals surface area (Å²) < 4.78 is 2.31. The van der Waals surface area contributed by atoms with Crippen molar-refractivity contribution in [1.82, 2.24) is 19.9 Å². The van der Waals surface area contributed by atoms with E-state index in [4.69, 9.17) is 21.6 Å². The lowest BCUT2D eigenvalue weighted by atomic mass is 9.94. The van der Waals surface area contributed by atoms with Crippen molar-refractivity contribution in [3.8, 4) is 33.8 Å². The van der Waals surface area contributed by atoms with Crippen LogP contribution in [0.25, 0.3) is 55.7 Å². The van der Waals surface area contributed by atoms with Gasteiger partial charge in [-0.15, -0.1) is 0 Å². The summed E-state index contributed by atoms with van der Waals surface area (Å²) in [5, 5.41) is 13.9. The molecule has 1 aliphatic rings. The third kappa shape index (κ3) is 5.44. The van der Waals surface area contributed by atoms with E-state index in [0.717, 1.165) is 63.0 Å². The highest BCUT2D eigenvalue weighted by Gasteiger charge is 2.23. The number of hydrogen-bond donors (Lipinski definition) is 2. The monoisotopic (exact) mass is 614 g/mol. The summed E-state index contributed by atoms with van der Waals surface area (Å²) in [6.45, 7) is 0. The van der Waals surface area contributed by atoms with E-state index >= 15 is 0 Å². The number of nitrogens with one attached hydrogen (secondary N) is 1. The van der Waals surface area contributed by atoms with Crippen molar-refractivity contribution in [1.29, 1.82) is 0 Å². The van der Waals surface area contributed by atoms with Crippen molar-refractivity contribution in [2.75, 3.05) is 7.05 Å². The number of aromatic nitrogens is 3. The zero-order valence-electron chi connectivity index (χ0n) is 24.8. The number of nitrogens with zero attached hydrogens (tertiary/aromatic N) is 3. The van der Waals surface area contributed by atoms with Gasteiger partial charge in [0.05, 0.1) is 27.8 Å². The maximum atomic E-state index is 12.5. The maximum absolute atomic E-state index is 12.5. The summed E-state index contributed by atoms with van der Waals surface area (Å²) in [7, 11) is 1.62. The van der Waals surface area contributed by atoms with Crippen LogP contribution in [0.1, 0.15) is 58.9 Å². The van der Waals surface area contributed by atoms with E-state index in [1.807, 2.05) is 66.7 Å². The minimum Gasteiger partial charge on any atom is -0.478 e. The Kier molecular flexibility index (Phi) is 7.55. The highest BCUT2D eigenvalue weighted by molar-refractivity contribution is 6.30. The highest BCUT2D eigenvalue weighted by atomic mass is 35.5. The van der Waals surface area contributed by atoms with Gasteiger partial charge in [0.1, 0.15) is 5.82 Å². The molecule has 8 heteroatoms. The largest absolute Gasteiger partial charge is 0.478 e. The molecule has 0 atom stereocenters. The van der Waals surface area contributed by atoms with Gasteiger partial charge in [0.25, 0.3) is 5.91 Å². The fourth-order valence-corrected chi connectivity index (χ4v) is 6.61. The lowest BCUT2D eigenvalue weighted by molar-refractivity contribution is 0.0696. The first kappa shape index (κ1) is 28.7. The van der Waals surface area contributed by atoms with Crippen molar-refractivity contribution in [2.24, 2.45) is 0 Å². The van der Waals surface area contributed by atoms with Crippen LogP contribution in [0.4, 0.5) is 0 Å². The predicted octanol–water partition coefficient (Wildman–Crippen LogP) is 8.80. The van der Waals surface area contributed by atoms with Crippen molar-refractivity contribution in [2.45, 2.75) is 38.1 Å². The Hall–Kier alpha value is -5.01. The number of carboxylic acid groups (broad SMARTS) is 1. The van der Waals surface area contributed by atoms with Crippen molar-refractivity contribution < 1.29 is 14.7 Å². The number of amides is 1. The minimum absolute atomic E-state index is 0.166. The van der Waals surface area contributed by atoms with Crippen molar-refractivity contribution in [3.63, 3.8) is 0 Å². The number of aromatic carboxylic acids is 1. The molecule has 1 aliphatic carbocycles. The summed E-state index contributed by atoms with van der Waals surface area (Å²) in [5.41, 5.74) is 7.73. The van der Waals surface area contributed by atoms with Crippen LogP contribution in [0.15, 0.2) is 91.0 Å². The van der Waals surface area contributed by atoms with Gasteiger partial charge in [-0.3, -0.25) is 4.79 Å². The van der Waals surface area contributed by atoms with Gasteiger partial charge in [0.15, 0.2) is 0 Å². The van der Waals surface area contributed by atoms with E-state index in [2.05, 4.69) is 22.0 Å². The average molecular weight is 615 g/mol. The second-order valence-corrected chi connectivity index (χ2v) is 12.0. The van der Waals surface area contributed by atoms with Crippen LogP contribution in [-0.2, 0) is 0 Å². The Morgan fingerprint density at radius 3 is 2.29 bits per heavy atom. The molecule has 0 unspecified atom stereocenters. The van der Waals surface area contributed by atoms with E-state index in [9.17, 15) is 14.7 Å². The molecule has 6 aromatic rings. The number of carbonyl (C=O) groups is 2. The number of imidazole rings is 1. The zero-order valence-corrected chi connectivity index (χ0v) is 25.5. The molecule has 2 N–H and O–H groups in total.